The van der Waals surface area contributed by atoms with Crippen LogP contribution in [0.1, 0.15) is 0 Å². The second kappa shape index (κ2) is 9.75. The summed E-state index contributed by atoms with van der Waals surface area (Å²) in [6.45, 7) is 0. The lowest BCUT2D eigenvalue weighted by atomic mass is 13.9. The standard InChI is InChI=1S/H3NP2.H3N/c2-1-3;/h2H,3H2;1H3. The molecule has 0 aliphatic carbocycles. The number of hydrogen-bond donors (Lipinski definition) is 1. The third kappa shape index (κ3) is 23.0. The van der Waals surface area contributed by atoms with Gasteiger partial charge in [-0.05, 0) is 18.4 Å². The highest BCUT2D eigenvalue weighted by molar-refractivity contribution is 7.23. The largest absolute Gasteiger partial charge is 0.344 e. The fourth-order valence-electron chi connectivity index (χ4n) is 0. The Balaban J connectivity index is 0. The van der Waals surface area contributed by atoms with Crippen LogP contribution in [-0.4, -0.2) is 0 Å². The van der Waals surface area contributed by atoms with Crippen LogP contribution in [0.25, 0.3) is 0 Å². The van der Waals surface area contributed by atoms with E-state index in [2.05, 4.69) is 22.9 Å². The third-order valence-electron chi connectivity index (χ3n) is 0. The molecule has 2 nitrogen and oxygen atoms in total. The van der Waals surface area contributed by atoms with Gasteiger partial charge in [-0.1, -0.05) is 0 Å². The zero-order valence-corrected chi connectivity index (χ0v) is 4.39. The molecule has 0 rings (SSSR count). The molecule has 0 amide bonds. The molecule has 1 unspecified atom stereocenters. The van der Waals surface area contributed by atoms with E-state index >= 15 is 0 Å². The normalized spacial score (nSPS) is 3.25. The molecule has 0 aromatic rings. The van der Waals surface area contributed by atoms with E-state index in [4.69, 9.17) is 0 Å². The first-order valence-electron chi connectivity index (χ1n) is 0.482. The van der Waals surface area contributed by atoms with E-state index in [1.165, 1.54) is 0 Å². The van der Waals surface area contributed by atoms with Crippen molar-refractivity contribution in [3.05, 3.63) is 0 Å². The molecule has 0 radical (unpaired) electrons. The van der Waals surface area contributed by atoms with E-state index in [1.807, 2.05) is 0 Å². The first-order valence-corrected chi connectivity index (χ1v) is 1.45. The van der Waals surface area contributed by atoms with Crippen molar-refractivity contribution in [2.24, 2.45) is 4.52 Å². The van der Waals surface area contributed by atoms with Crippen molar-refractivity contribution in [3.8, 4) is 0 Å². The van der Waals surface area contributed by atoms with Crippen molar-refractivity contribution < 1.29 is 0 Å². The highest BCUT2D eigenvalue weighted by Crippen LogP contribution is 1.79. The molecule has 0 aromatic heterocycles. The van der Waals surface area contributed by atoms with Crippen molar-refractivity contribution in [2.75, 3.05) is 0 Å². The molecule has 4 heteroatoms. The minimum atomic E-state index is 0. The topological polar surface area (TPSA) is 47.4 Å². The average Bonchev–Trinajstić information content (AvgIpc) is 0.918. The Morgan fingerprint density at radius 3 is 1.75 bits per heavy atom. The SMILES string of the molecule is N.P=NP. The molecule has 0 aromatic carbocycles. The van der Waals surface area contributed by atoms with E-state index < -0.39 is 0 Å². The lowest BCUT2D eigenvalue weighted by molar-refractivity contribution is 2.12. The maximum absolute atomic E-state index is 3.22. The lowest BCUT2D eigenvalue weighted by Crippen LogP contribution is -0.748. The van der Waals surface area contributed by atoms with E-state index in [0.717, 1.165) is 0 Å². The zero-order valence-electron chi connectivity index (χ0n) is 2.23. The van der Waals surface area contributed by atoms with Crippen LogP contribution in [-0.2, 0) is 0 Å². The van der Waals surface area contributed by atoms with Gasteiger partial charge in [-0.3, -0.25) is 4.52 Å². The van der Waals surface area contributed by atoms with Crippen LogP contribution in [0.4, 0.5) is 0 Å². The van der Waals surface area contributed by atoms with Gasteiger partial charge in [0.25, 0.3) is 0 Å². The Bertz CT molecular complexity index is 11.5. The van der Waals surface area contributed by atoms with Gasteiger partial charge in [-0.2, -0.15) is 0 Å². The second-order valence-corrected chi connectivity index (χ2v) is 1.16. The Hall–Kier alpha value is 0.490. The van der Waals surface area contributed by atoms with Gasteiger partial charge in [0.2, 0.25) is 0 Å². The number of hydrogen-bond acceptors (Lipinski definition) is 2. The van der Waals surface area contributed by atoms with Gasteiger partial charge in [-0.25, -0.2) is 0 Å². The first kappa shape index (κ1) is 8.82. The highest BCUT2D eigenvalue weighted by atomic mass is 31.1. The summed E-state index contributed by atoms with van der Waals surface area (Å²) in [6, 6.07) is 0. The van der Waals surface area contributed by atoms with Gasteiger partial charge in [0.15, 0.2) is 0 Å². The quantitative estimate of drug-likeness (QED) is 0.453. The van der Waals surface area contributed by atoms with Gasteiger partial charge in [0.05, 0.1) is 0 Å². The molecular formula is H6N2P2. The summed E-state index contributed by atoms with van der Waals surface area (Å²) < 4.78 is 3.22. The molecule has 0 spiro atoms. The van der Waals surface area contributed by atoms with Crippen molar-refractivity contribution in [1.82, 2.24) is 6.15 Å². The summed E-state index contributed by atoms with van der Waals surface area (Å²) in [6.07, 6.45) is 0. The summed E-state index contributed by atoms with van der Waals surface area (Å²) in [5.74, 6) is 0. The van der Waals surface area contributed by atoms with Gasteiger partial charge in [0, 0.05) is 0 Å². The third-order valence-corrected chi connectivity index (χ3v) is 0. The molecule has 0 saturated carbocycles. The Morgan fingerprint density at radius 2 is 1.75 bits per heavy atom. The smallest absolute Gasteiger partial charge is 0.00890 e. The monoisotopic (exact) mass is 96.0 g/mol. The minimum Gasteiger partial charge on any atom is -0.344 e. The van der Waals surface area contributed by atoms with Crippen LogP contribution in [0.3, 0.4) is 0 Å². The van der Waals surface area contributed by atoms with Crippen LogP contribution in [0, 0.1) is 0 Å². The molecule has 0 aliphatic rings. The fourth-order valence-corrected chi connectivity index (χ4v) is 0. The molecule has 0 heterocycles. The van der Waals surface area contributed by atoms with E-state index in [0.29, 0.717) is 0 Å². The van der Waals surface area contributed by atoms with Crippen LogP contribution in [0.2, 0.25) is 0 Å². The Labute approximate surface area is 30.1 Å². The van der Waals surface area contributed by atoms with Crippen molar-refractivity contribution >= 4 is 18.4 Å². The molecule has 0 fully saturated rings. The first-order chi connectivity index (χ1) is 1.41. The summed E-state index contributed by atoms with van der Waals surface area (Å²) >= 11 is 0. The molecule has 0 aliphatic heterocycles. The predicted molar refractivity (Wildman–Crippen MR) is 25.5 cm³/mol. The van der Waals surface area contributed by atoms with Gasteiger partial charge < -0.3 is 6.15 Å². The molecule has 1 atom stereocenters. The summed E-state index contributed by atoms with van der Waals surface area (Å²) in [5, 5.41) is 0. The molecular weight excluding hydrogens is 90.0 g/mol. The molecule has 26 valence electrons. The van der Waals surface area contributed by atoms with Crippen molar-refractivity contribution in [2.45, 2.75) is 0 Å². The van der Waals surface area contributed by atoms with E-state index in [-0.39, 0.29) is 6.15 Å². The van der Waals surface area contributed by atoms with Crippen molar-refractivity contribution in [3.63, 3.8) is 0 Å². The number of rotatable bonds is 0. The zero-order chi connectivity index (χ0) is 2.71. The molecule has 0 bridgehead atoms. The van der Waals surface area contributed by atoms with Gasteiger partial charge in [0.1, 0.15) is 0 Å². The van der Waals surface area contributed by atoms with Crippen LogP contribution in [0.15, 0.2) is 4.52 Å². The Morgan fingerprint density at radius 1 is 1.75 bits per heavy atom. The molecule has 4 heavy (non-hydrogen) atoms. The fraction of sp³-hybridized carbons (Fsp3) is 0. The maximum Gasteiger partial charge on any atom is -0.00890 e. The van der Waals surface area contributed by atoms with Crippen molar-refractivity contribution in [1.29, 1.82) is 0 Å². The van der Waals surface area contributed by atoms with E-state index in [9.17, 15) is 0 Å². The maximum atomic E-state index is 3.22. The van der Waals surface area contributed by atoms with Crippen LogP contribution >= 0.6 is 18.4 Å². The van der Waals surface area contributed by atoms with Crippen LogP contribution in [0.5, 0.6) is 0 Å². The van der Waals surface area contributed by atoms with Gasteiger partial charge >= 0.3 is 0 Å². The lowest BCUT2D eigenvalue weighted by Gasteiger charge is -1.36. The summed E-state index contributed by atoms with van der Waals surface area (Å²) in [4.78, 5) is 0. The molecule has 3 N–H and O–H groups in total. The van der Waals surface area contributed by atoms with E-state index in [1.54, 1.807) is 0 Å². The Kier molecular flexibility index (Phi) is 21.5. The van der Waals surface area contributed by atoms with Gasteiger partial charge in [-0.15, -0.1) is 0 Å². The second-order valence-electron chi connectivity index (χ2n) is 0.129. The summed E-state index contributed by atoms with van der Waals surface area (Å²) in [7, 11) is 4.89. The number of nitrogens with zero attached hydrogens (tertiary/aromatic N) is 1. The minimum absolute atomic E-state index is 0. The highest BCUT2D eigenvalue weighted by Gasteiger charge is 1.10. The molecule has 0 saturated heterocycles. The predicted octanol–water partition coefficient (Wildman–Crippen LogP) is 1.26. The van der Waals surface area contributed by atoms with Crippen LogP contribution < -0.4 is 6.15 Å². The summed E-state index contributed by atoms with van der Waals surface area (Å²) in [5.41, 5.74) is 0. The average molecular weight is 96.0 g/mol.